The molecule has 2 aromatic rings. The molecule has 0 aliphatic rings. The number of nitrogens with one attached hydrogen (secondary N) is 1. The first-order chi connectivity index (χ1) is 10.5. The smallest absolute Gasteiger partial charge is 0.312 e. The van der Waals surface area contributed by atoms with Crippen LogP contribution in [-0.2, 0) is 4.79 Å². The zero-order valence-corrected chi connectivity index (χ0v) is 12.8. The molecule has 0 radical (unpaired) electrons. The number of benzene rings is 2. The summed E-state index contributed by atoms with van der Waals surface area (Å²) in [5.41, 5.74) is 2.71. The third-order valence-corrected chi connectivity index (χ3v) is 3.15. The lowest BCUT2D eigenvalue weighted by molar-refractivity contribution is -0.134. The molecule has 2 rings (SSSR count). The molecule has 1 N–H and O–H groups in total. The number of esters is 1. The summed E-state index contributed by atoms with van der Waals surface area (Å²) in [4.78, 5) is 23.6. The summed E-state index contributed by atoms with van der Waals surface area (Å²) < 4.78 is 5.19. The number of ether oxygens (including phenoxy) is 1. The Hall–Kier alpha value is -2.62. The molecule has 0 saturated carbocycles. The van der Waals surface area contributed by atoms with Crippen LogP contribution in [0.3, 0.4) is 0 Å². The molecule has 0 aromatic heterocycles. The Kier molecular flexibility index (Phi) is 5.31. The van der Waals surface area contributed by atoms with Gasteiger partial charge in [0.2, 0.25) is 0 Å². The zero-order valence-electron chi connectivity index (χ0n) is 12.8. The van der Waals surface area contributed by atoms with Crippen molar-refractivity contribution >= 4 is 11.9 Å². The maximum absolute atomic E-state index is 11.9. The molecule has 0 heterocycles. The van der Waals surface area contributed by atoms with E-state index in [-0.39, 0.29) is 24.8 Å². The van der Waals surface area contributed by atoms with E-state index in [1.807, 2.05) is 38.1 Å². The van der Waals surface area contributed by atoms with Crippen LogP contribution in [0.1, 0.15) is 27.9 Å². The predicted octanol–water partition coefficient (Wildman–Crippen LogP) is 3.03. The van der Waals surface area contributed by atoms with Crippen molar-refractivity contribution in [1.29, 1.82) is 0 Å². The quantitative estimate of drug-likeness (QED) is 0.682. The fourth-order valence-corrected chi connectivity index (χ4v) is 1.96. The summed E-state index contributed by atoms with van der Waals surface area (Å²) in [6.07, 6.45) is 0.130. The van der Waals surface area contributed by atoms with Crippen LogP contribution in [0.2, 0.25) is 0 Å². The molecular weight excluding hydrogens is 278 g/mol. The number of carbonyl (C=O) groups excluding carboxylic acids is 2. The van der Waals surface area contributed by atoms with E-state index in [9.17, 15) is 9.59 Å². The van der Waals surface area contributed by atoms with E-state index in [0.717, 1.165) is 11.1 Å². The minimum Gasteiger partial charge on any atom is -0.426 e. The second kappa shape index (κ2) is 7.41. The molecule has 0 bridgehead atoms. The van der Waals surface area contributed by atoms with Gasteiger partial charge in [0.25, 0.3) is 5.91 Å². The summed E-state index contributed by atoms with van der Waals surface area (Å²) in [7, 11) is 0. The monoisotopic (exact) mass is 297 g/mol. The van der Waals surface area contributed by atoms with Gasteiger partial charge in [-0.15, -0.1) is 0 Å². The van der Waals surface area contributed by atoms with E-state index in [1.165, 1.54) is 0 Å². The van der Waals surface area contributed by atoms with Gasteiger partial charge in [-0.25, -0.2) is 0 Å². The van der Waals surface area contributed by atoms with Crippen LogP contribution in [0.4, 0.5) is 0 Å². The minimum absolute atomic E-state index is 0.130. The number of amides is 1. The normalized spacial score (nSPS) is 10.1. The van der Waals surface area contributed by atoms with Gasteiger partial charge in [0.05, 0.1) is 6.42 Å². The molecule has 0 aliphatic carbocycles. The molecule has 0 spiro atoms. The van der Waals surface area contributed by atoms with Crippen molar-refractivity contribution < 1.29 is 14.3 Å². The lowest BCUT2D eigenvalue weighted by atomic mass is 10.1. The van der Waals surface area contributed by atoms with Gasteiger partial charge in [-0.1, -0.05) is 35.4 Å². The van der Waals surface area contributed by atoms with Gasteiger partial charge >= 0.3 is 5.97 Å². The van der Waals surface area contributed by atoms with E-state index in [1.54, 1.807) is 24.3 Å². The fraction of sp³-hybridized carbons (Fsp3) is 0.222. The van der Waals surface area contributed by atoms with Crippen LogP contribution in [0.25, 0.3) is 0 Å². The van der Waals surface area contributed by atoms with Gasteiger partial charge in [0.15, 0.2) is 0 Å². The molecule has 0 unspecified atom stereocenters. The third kappa shape index (κ3) is 4.74. The summed E-state index contributed by atoms with van der Waals surface area (Å²) in [5.74, 6) is -0.0409. The van der Waals surface area contributed by atoms with Gasteiger partial charge in [-0.05, 0) is 38.1 Å². The molecule has 4 heteroatoms. The largest absolute Gasteiger partial charge is 0.426 e. The molecule has 0 atom stereocenters. The van der Waals surface area contributed by atoms with Crippen LogP contribution in [0.15, 0.2) is 48.5 Å². The van der Waals surface area contributed by atoms with Gasteiger partial charge < -0.3 is 10.1 Å². The Labute approximate surface area is 130 Å². The van der Waals surface area contributed by atoms with Crippen LogP contribution in [0, 0.1) is 13.8 Å². The molecule has 1 amide bonds. The highest BCUT2D eigenvalue weighted by Gasteiger charge is 2.08. The van der Waals surface area contributed by atoms with Crippen LogP contribution >= 0.6 is 0 Å². The van der Waals surface area contributed by atoms with Crippen molar-refractivity contribution in [3.63, 3.8) is 0 Å². The van der Waals surface area contributed by atoms with Crippen LogP contribution < -0.4 is 10.1 Å². The Balaban J connectivity index is 1.77. The van der Waals surface area contributed by atoms with Crippen molar-refractivity contribution in [3.05, 3.63) is 65.2 Å². The molecule has 22 heavy (non-hydrogen) atoms. The molecule has 0 aliphatic heterocycles. The molecule has 0 fully saturated rings. The van der Waals surface area contributed by atoms with Gasteiger partial charge in [0, 0.05) is 12.1 Å². The van der Waals surface area contributed by atoms with E-state index in [2.05, 4.69) is 5.32 Å². The van der Waals surface area contributed by atoms with Crippen molar-refractivity contribution in [1.82, 2.24) is 5.32 Å². The Morgan fingerprint density at radius 1 is 1.00 bits per heavy atom. The molecular formula is C18H19NO3. The summed E-state index contributed by atoms with van der Waals surface area (Å²) >= 11 is 0. The number of carbonyl (C=O) groups is 2. The Morgan fingerprint density at radius 3 is 2.41 bits per heavy atom. The van der Waals surface area contributed by atoms with Gasteiger partial charge in [-0.3, -0.25) is 9.59 Å². The average Bonchev–Trinajstić information content (AvgIpc) is 2.49. The number of rotatable bonds is 5. The summed E-state index contributed by atoms with van der Waals surface area (Å²) in [6, 6.07) is 14.6. The maximum atomic E-state index is 11.9. The van der Waals surface area contributed by atoms with E-state index in [0.29, 0.717) is 11.3 Å². The highest BCUT2D eigenvalue weighted by Crippen LogP contribution is 2.12. The second-order valence-corrected chi connectivity index (χ2v) is 5.16. The fourth-order valence-electron chi connectivity index (χ4n) is 1.96. The lowest BCUT2D eigenvalue weighted by Gasteiger charge is -2.07. The van der Waals surface area contributed by atoms with Crippen molar-refractivity contribution in [3.8, 4) is 5.75 Å². The summed E-state index contributed by atoms with van der Waals surface area (Å²) in [6.45, 7) is 4.14. The van der Waals surface area contributed by atoms with Gasteiger partial charge in [0.1, 0.15) is 5.75 Å². The molecule has 2 aromatic carbocycles. The third-order valence-electron chi connectivity index (χ3n) is 3.15. The molecule has 114 valence electrons. The van der Waals surface area contributed by atoms with Crippen molar-refractivity contribution in [2.24, 2.45) is 0 Å². The number of hydrogen-bond acceptors (Lipinski definition) is 3. The van der Waals surface area contributed by atoms with Gasteiger partial charge in [-0.2, -0.15) is 0 Å². The highest BCUT2D eigenvalue weighted by molar-refractivity contribution is 5.94. The topological polar surface area (TPSA) is 55.4 Å². The Bertz CT molecular complexity index is 662. The average molecular weight is 297 g/mol. The van der Waals surface area contributed by atoms with Crippen molar-refractivity contribution in [2.45, 2.75) is 20.3 Å². The SMILES string of the molecule is Cc1ccc(OC(=O)CCNC(=O)c2cccc(C)c2)cc1. The molecule has 0 saturated heterocycles. The zero-order chi connectivity index (χ0) is 15.9. The molecule has 4 nitrogen and oxygen atoms in total. The number of hydrogen-bond donors (Lipinski definition) is 1. The van der Waals surface area contributed by atoms with Crippen LogP contribution in [-0.4, -0.2) is 18.4 Å². The second-order valence-electron chi connectivity index (χ2n) is 5.16. The minimum atomic E-state index is -0.367. The first-order valence-electron chi connectivity index (χ1n) is 7.17. The summed E-state index contributed by atoms with van der Waals surface area (Å²) in [5, 5.41) is 2.71. The predicted molar refractivity (Wildman–Crippen MR) is 84.9 cm³/mol. The maximum Gasteiger partial charge on any atom is 0.312 e. The highest BCUT2D eigenvalue weighted by atomic mass is 16.5. The standard InChI is InChI=1S/C18H19NO3/c1-13-6-8-16(9-7-13)22-17(20)10-11-19-18(21)15-5-3-4-14(2)12-15/h3-9,12H,10-11H2,1-2H3,(H,19,21). The van der Waals surface area contributed by atoms with Crippen molar-refractivity contribution in [2.75, 3.05) is 6.54 Å². The number of aryl methyl sites for hydroxylation is 2. The first kappa shape index (κ1) is 15.8. The van der Waals surface area contributed by atoms with E-state index >= 15 is 0 Å². The lowest BCUT2D eigenvalue weighted by Crippen LogP contribution is -2.27. The Morgan fingerprint density at radius 2 is 1.73 bits per heavy atom. The van der Waals surface area contributed by atoms with E-state index < -0.39 is 0 Å². The van der Waals surface area contributed by atoms with E-state index in [4.69, 9.17) is 4.74 Å². The van der Waals surface area contributed by atoms with Crippen LogP contribution in [0.5, 0.6) is 5.75 Å². The first-order valence-corrected chi connectivity index (χ1v) is 7.17.